The smallest absolute Gasteiger partial charge is 0.319 e. The van der Waals surface area contributed by atoms with E-state index in [0.29, 0.717) is 32.8 Å². The van der Waals surface area contributed by atoms with Crippen LogP contribution in [0.15, 0.2) is 36.4 Å². The van der Waals surface area contributed by atoms with E-state index in [1.165, 1.54) is 20.3 Å². The highest BCUT2D eigenvalue weighted by atomic mass is 35.5. The number of aliphatic hydroxyl groups excluding tert-OH is 1. The van der Waals surface area contributed by atoms with Crippen molar-refractivity contribution in [3.63, 3.8) is 0 Å². The number of methoxy groups -OCH3 is 2. The van der Waals surface area contributed by atoms with Crippen LogP contribution in [-0.4, -0.2) is 31.9 Å². The fraction of sp³-hybridized carbons (Fsp3) is 0.235. The lowest BCUT2D eigenvalue weighted by molar-refractivity contribution is 0.170. The Labute approximate surface area is 155 Å². The molecule has 2 aromatic rings. The van der Waals surface area contributed by atoms with E-state index in [9.17, 15) is 9.90 Å². The van der Waals surface area contributed by atoms with Gasteiger partial charge >= 0.3 is 6.03 Å². The van der Waals surface area contributed by atoms with Gasteiger partial charge < -0.3 is 25.2 Å². The van der Waals surface area contributed by atoms with Gasteiger partial charge in [-0.25, -0.2) is 4.79 Å². The van der Waals surface area contributed by atoms with E-state index in [2.05, 4.69) is 10.6 Å². The second-order valence-electron chi connectivity index (χ2n) is 5.09. The maximum absolute atomic E-state index is 12.0. The predicted molar refractivity (Wildman–Crippen MR) is 98.0 cm³/mol. The molecule has 0 spiro atoms. The lowest BCUT2D eigenvalue weighted by atomic mass is 10.1. The Kier molecular flexibility index (Phi) is 6.75. The second-order valence-corrected chi connectivity index (χ2v) is 5.90. The predicted octanol–water partition coefficient (Wildman–Crippen LogP) is 3.87. The topological polar surface area (TPSA) is 79.8 Å². The number of rotatable bonds is 6. The molecule has 0 saturated carbocycles. The van der Waals surface area contributed by atoms with Crippen molar-refractivity contribution >= 4 is 34.9 Å². The number of carbonyl (C=O) groups is 1. The highest BCUT2D eigenvalue weighted by Gasteiger charge is 2.16. The molecular weight excluding hydrogens is 367 g/mol. The monoisotopic (exact) mass is 384 g/mol. The average molecular weight is 385 g/mol. The van der Waals surface area contributed by atoms with Crippen LogP contribution < -0.4 is 20.1 Å². The Morgan fingerprint density at radius 2 is 1.88 bits per heavy atom. The third-order valence-corrected chi connectivity index (χ3v) is 4.17. The first-order valence-electron chi connectivity index (χ1n) is 7.34. The van der Waals surface area contributed by atoms with Gasteiger partial charge in [0.15, 0.2) is 0 Å². The average Bonchev–Trinajstić information content (AvgIpc) is 2.62. The highest BCUT2D eigenvalue weighted by Crippen LogP contribution is 2.29. The molecule has 0 fully saturated rings. The lowest BCUT2D eigenvalue weighted by Crippen LogP contribution is -2.32. The second kappa shape index (κ2) is 8.80. The van der Waals surface area contributed by atoms with Crippen LogP contribution in [0.2, 0.25) is 10.0 Å². The number of carbonyl (C=O) groups excluding carboxylic acids is 1. The SMILES string of the molecule is COc1ccc(OC)c([C@H](O)CNC(=O)Nc2ccc(Cl)c(Cl)c2)c1. The molecule has 0 aliphatic heterocycles. The molecule has 6 nitrogen and oxygen atoms in total. The molecule has 0 radical (unpaired) electrons. The molecular formula is C17H18Cl2N2O4. The zero-order valence-electron chi connectivity index (χ0n) is 13.7. The first kappa shape index (κ1) is 19.2. The number of nitrogens with one attached hydrogen (secondary N) is 2. The number of hydrogen-bond donors (Lipinski definition) is 3. The van der Waals surface area contributed by atoms with Gasteiger partial charge in [-0.05, 0) is 36.4 Å². The van der Waals surface area contributed by atoms with Crippen molar-refractivity contribution in [1.82, 2.24) is 5.32 Å². The Morgan fingerprint density at radius 1 is 1.12 bits per heavy atom. The van der Waals surface area contributed by atoms with Gasteiger partial charge in [-0.2, -0.15) is 0 Å². The number of urea groups is 1. The van der Waals surface area contributed by atoms with Crippen molar-refractivity contribution in [2.75, 3.05) is 26.1 Å². The summed E-state index contributed by atoms with van der Waals surface area (Å²) in [7, 11) is 3.03. The van der Waals surface area contributed by atoms with E-state index in [4.69, 9.17) is 32.7 Å². The summed E-state index contributed by atoms with van der Waals surface area (Å²) in [6, 6.07) is 9.31. The van der Waals surface area contributed by atoms with Gasteiger partial charge in [0.2, 0.25) is 0 Å². The van der Waals surface area contributed by atoms with Crippen LogP contribution in [0.3, 0.4) is 0 Å². The van der Waals surface area contributed by atoms with Crippen molar-refractivity contribution < 1.29 is 19.4 Å². The summed E-state index contributed by atoms with van der Waals surface area (Å²) in [5.74, 6) is 1.08. The molecule has 2 rings (SSSR count). The van der Waals surface area contributed by atoms with Gasteiger partial charge in [0, 0.05) is 17.8 Å². The molecule has 3 N–H and O–H groups in total. The minimum absolute atomic E-state index is 0.0172. The van der Waals surface area contributed by atoms with Crippen molar-refractivity contribution in [3.05, 3.63) is 52.0 Å². The fourth-order valence-corrected chi connectivity index (χ4v) is 2.45. The molecule has 0 bridgehead atoms. The van der Waals surface area contributed by atoms with Crippen LogP contribution >= 0.6 is 23.2 Å². The third kappa shape index (κ3) is 5.16. The van der Waals surface area contributed by atoms with Crippen LogP contribution in [0, 0.1) is 0 Å². The molecule has 0 aromatic heterocycles. The van der Waals surface area contributed by atoms with Crippen LogP contribution in [0.4, 0.5) is 10.5 Å². The number of anilines is 1. The van der Waals surface area contributed by atoms with E-state index < -0.39 is 12.1 Å². The van der Waals surface area contributed by atoms with E-state index in [-0.39, 0.29) is 6.54 Å². The normalized spacial score (nSPS) is 11.6. The third-order valence-electron chi connectivity index (χ3n) is 3.43. The minimum Gasteiger partial charge on any atom is -0.497 e. The maximum atomic E-state index is 12.0. The van der Waals surface area contributed by atoms with Crippen LogP contribution in [-0.2, 0) is 0 Å². The number of ether oxygens (including phenoxy) is 2. The van der Waals surface area contributed by atoms with Gasteiger partial charge in [-0.1, -0.05) is 23.2 Å². The van der Waals surface area contributed by atoms with Gasteiger partial charge in [-0.15, -0.1) is 0 Å². The molecule has 0 unspecified atom stereocenters. The van der Waals surface area contributed by atoms with Crippen LogP contribution in [0.25, 0.3) is 0 Å². The van der Waals surface area contributed by atoms with Gasteiger partial charge in [0.25, 0.3) is 0 Å². The Hall–Kier alpha value is -2.15. The number of benzene rings is 2. The molecule has 0 aliphatic carbocycles. The maximum Gasteiger partial charge on any atom is 0.319 e. The molecule has 2 amide bonds. The molecule has 134 valence electrons. The summed E-state index contributed by atoms with van der Waals surface area (Å²) < 4.78 is 10.4. The zero-order chi connectivity index (χ0) is 18.4. The number of amides is 2. The molecule has 0 heterocycles. The van der Waals surface area contributed by atoms with Crippen LogP contribution in [0.5, 0.6) is 11.5 Å². The van der Waals surface area contributed by atoms with Gasteiger partial charge in [0.1, 0.15) is 17.6 Å². The summed E-state index contributed by atoms with van der Waals surface area (Å²) in [5.41, 5.74) is 0.997. The van der Waals surface area contributed by atoms with Crippen molar-refractivity contribution in [2.45, 2.75) is 6.10 Å². The van der Waals surface area contributed by atoms with Crippen molar-refractivity contribution in [1.29, 1.82) is 0 Å². The zero-order valence-corrected chi connectivity index (χ0v) is 15.2. The Balaban J connectivity index is 1.98. The molecule has 8 heteroatoms. The van der Waals surface area contributed by atoms with E-state index >= 15 is 0 Å². The summed E-state index contributed by atoms with van der Waals surface area (Å²) in [5, 5.41) is 16.2. The number of hydrogen-bond acceptors (Lipinski definition) is 4. The molecule has 25 heavy (non-hydrogen) atoms. The molecule has 2 aromatic carbocycles. The lowest BCUT2D eigenvalue weighted by Gasteiger charge is -2.17. The Morgan fingerprint density at radius 3 is 2.52 bits per heavy atom. The van der Waals surface area contributed by atoms with E-state index in [1.54, 1.807) is 30.3 Å². The molecule has 1 atom stereocenters. The minimum atomic E-state index is -0.968. The number of halogens is 2. The summed E-state index contributed by atoms with van der Waals surface area (Å²) in [4.78, 5) is 12.0. The summed E-state index contributed by atoms with van der Waals surface area (Å²) >= 11 is 11.7. The standard InChI is InChI=1S/C17H18Cl2N2O4/c1-24-11-4-6-16(25-2)12(8-11)15(22)9-20-17(23)21-10-3-5-13(18)14(19)7-10/h3-8,15,22H,9H2,1-2H3,(H2,20,21,23)/t15-/m1/s1. The molecule has 0 aliphatic rings. The summed E-state index contributed by atoms with van der Waals surface area (Å²) in [6.45, 7) is -0.0172. The van der Waals surface area contributed by atoms with E-state index in [1.807, 2.05) is 0 Å². The highest BCUT2D eigenvalue weighted by molar-refractivity contribution is 6.42. The first-order valence-corrected chi connectivity index (χ1v) is 8.10. The fourth-order valence-electron chi connectivity index (χ4n) is 2.15. The van der Waals surface area contributed by atoms with Gasteiger partial charge in [-0.3, -0.25) is 0 Å². The largest absolute Gasteiger partial charge is 0.497 e. The molecule has 0 saturated heterocycles. The summed E-state index contributed by atoms with van der Waals surface area (Å²) in [6.07, 6.45) is -0.968. The Bertz CT molecular complexity index is 755. The number of aliphatic hydroxyl groups is 1. The quantitative estimate of drug-likeness (QED) is 0.706. The van der Waals surface area contributed by atoms with Gasteiger partial charge in [0.05, 0.1) is 24.3 Å². The van der Waals surface area contributed by atoms with Crippen LogP contribution in [0.1, 0.15) is 11.7 Å². The van der Waals surface area contributed by atoms with Crippen molar-refractivity contribution in [3.8, 4) is 11.5 Å². The first-order chi connectivity index (χ1) is 11.9. The van der Waals surface area contributed by atoms with E-state index in [0.717, 1.165) is 0 Å². The van der Waals surface area contributed by atoms with Crippen molar-refractivity contribution in [2.24, 2.45) is 0 Å².